The Bertz CT molecular complexity index is 354. The van der Waals surface area contributed by atoms with Crippen molar-refractivity contribution in [1.82, 2.24) is 5.32 Å². The second-order valence-electron chi connectivity index (χ2n) is 4.75. The van der Waals surface area contributed by atoms with E-state index in [-0.39, 0.29) is 0 Å². The van der Waals surface area contributed by atoms with Crippen LogP contribution in [0, 0.1) is 6.92 Å². The lowest BCUT2D eigenvalue weighted by atomic mass is 10.2. The molecule has 0 aromatic heterocycles. The van der Waals surface area contributed by atoms with Crippen LogP contribution in [0.15, 0.2) is 22.7 Å². The van der Waals surface area contributed by atoms with Gasteiger partial charge in [0.25, 0.3) is 0 Å². The van der Waals surface area contributed by atoms with Gasteiger partial charge in [-0.25, -0.2) is 0 Å². The molecule has 0 saturated carbocycles. The molecule has 18 heavy (non-hydrogen) atoms. The van der Waals surface area contributed by atoms with Crippen molar-refractivity contribution in [2.24, 2.45) is 0 Å². The summed E-state index contributed by atoms with van der Waals surface area (Å²) in [7, 11) is 0. The fourth-order valence-electron chi connectivity index (χ4n) is 1.62. The summed E-state index contributed by atoms with van der Waals surface area (Å²) >= 11 is 3.52. The first-order chi connectivity index (χ1) is 8.63. The third-order valence-corrected chi connectivity index (χ3v) is 3.64. The molecule has 1 rings (SSSR count). The third kappa shape index (κ3) is 5.87. The number of halogens is 1. The number of hydrogen-bond donors (Lipinski definition) is 1. The normalized spacial score (nSPS) is 12.4. The van der Waals surface area contributed by atoms with Crippen LogP contribution in [-0.4, -0.2) is 19.2 Å². The van der Waals surface area contributed by atoms with Crippen LogP contribution in [0.1, 0.15) is 38.7 Å². The summed E-state index contributed by atoms with van der Waals surface area (Å²) in [6.45, 7) is 8.36. The molecule has 0 spiro atoms. The van der Waals surface area contributed by atoms with Crippen molar-refractivity contribution in [3.63, 3.8) is 0 Å². The maximum absolute atomic E-state index is 5.75. The van der Waals surface area contributed by atoms with Crippen LogP contribution in [0.3, 0.4) is 0 Å². The van der Waals surface area contributed by atoms with E-state index in [2.05, 4.69) is 54.2 Å². The van der Waals surface area contributed by atoms with Gasteiger partial charge < -0.3 is 10.1 Å². The molecule has 0 heterocycles. The van der Waals surface area contributed by atoms with Crippen molar-refractivity contribution in [3.8, 4) is 5.75 Å². The average Bonchev–Trinajstić information content (AvgIpc) is 2.35. The summed E-state index contributed by atoms with van der Waals surface area (Å²) in [5, 5.41) is 3.48. The van der Waals surface area contributed by atoms with Gasteiger partial charge in [0, 0.05) is 6.04 Å². The Kier molecular flexibility index (Phi) is 7.36. The number of rotatable bonds is 8. The van der Waals surface area contributed by atoms with Gasteiger partial charge in [-0.3, -0.25) is 0 Å². The number of nitrogens with one attached hydrogen (secondary N) is 1. The second-order valence-corrected chi connectivity index (χ2v) is 5.61. The minimum atomic E-state index is 0.622. The fraction of sp³-hybridized carbons (Fsp3) is 0.600. The number of benzene rings is 1. The second kappa shape index (κ2) is 8.54. The molecule has 2 nitrogen and oxygen atoms in total. The fourth-order valence-corrected chi connectivity index (χ4v) is 2.23. The summed E-state index contributed by atoms with van der Waals surface area (Å²) in [4.78, 5) is 0. The predicted molar refractivity (Wildman–Crippen MR) is 81.4 cm³/mol. The number of unbranched alkanes of at least 4 members (excludes halogenated alkanes) is 1. The van der Waals surface area contributed by atoms with Gasteiger partial charge in [0.2, 0.25) is 0 Å². The molecule has 1 aromatic rings. The van der Waals surface area contributed by atoms with E-state index in [1.54, 1.807) is 0 Å². The first-order valence-electron chi connectivity index (χ1n) is 6.75. The van der Waals surface area contributed by atoms with Gasteiger partial charge in [0.05, 0.1) is 11.1 Å². The monoisotopic (exact) mass is 313 g/mol. The number of aryl methyl sites for hydroxylation is 1. The minimum Gasteiger partial charge on any atom is -0.492 e. The van der Waals surface area contributed by atoms with E-state index in [0.717, 1.165) is 36.2 Å². The topological polar surface area (TPSA) is 21.3 Å². The summed E-state index contributed by atoms with van der Waals surface area (Å²) in [6.07, 6.45) is 3.43. The van der Waals surface area contributed by atoms with Gasteiger partial charge in [0.1, 0.15) is 5.75 Å². The SMILES string of the molecule is CC[C@H](C)NCCCCOc1ccc(C)cc1Br. The van der Waals surface area contributed by atoms with Crippen molar-refractivity contribution in [2.45, 2.75) is 46.1 Å². The van der Waals surface area contributed by atoms with Gasteiger partial charge in [-0.2, -0.15) is 0 Å². The van der Waals surface area contributed by atoms with Gasteiger partial charge >= 0.3 is 0 Å². The highest BCUT2D eigenvalue weighted by Crippen LogP contribution is 2.25. The summed E-state index contributed by atoms with van der Waals surface area (Å²) in [6, 6.07) is 6.80. The number of ether oxygens (including phenoxy) is 1. The highest BCUT2D eigenvalue weighted by atomic mass is 79.9. The Morgan fingerprint density at radius 1 is 1.33 bits per heavy atom. The molecule has 102 valence electrons. The lowest BCUT2D eigenvalue weighted by Gasteiger charge is -2.11. The van der Waals surface area contributed by atoms with Crippen molar-refractivity contribution in [2.75, 3.05) is 13.2 Å². The molecule has 0 amide bonds. The van der Waals surface area contributed by atoms with E-state index < -0.39 is 0 Å². The van der Waals surface area contributed by atoms with Crippen LogP contribution < -0.4 is 10.1 Å². The first kappa shape index (κ1) is 15.5. The molecule has 1 atom stereocenters. The molecule has 0 unspecified atom stereocenters. The van der Waals surface area contributed by atoms with Crippen molar-refractivity contribution < 1.29 is 4.74 Å². The van der Waals surface area contributed by atoms with Crippen LogP contribution in [0.4, 0.5) is 0 Å². The maximum atomic E-state index is 5.75. The van der Waals surface area contributed by atoms with Crippen LogP contribution in [0.25, 0.3) is 0 Å². The quantitative estimate of drug-likeness (QED) is 0.722. The van der Waals surface area contributed by atoms with E-state index in [9.17, 15) is 0 Å². The first-order valence-corrected chi connectivity index (χ1v) is 7.55. The smallest absolute Gasteiger partial charge is 0.133 e. The molecule has 1 aromatic carbocycles. The summed E-state index contributed by atoms with van der Waals surface area (Å²) in [5.74, 6) is 0.940. The number of hydrogen-bond acceptors (Lipinski definition) is 2. The molecule has 0 aliphatic heterocycles. The lowest BCUT2D eigenvalue weighted by Crippen LogP contribution is -2.26. The van der Waals surface area contributed by atoms with Crippen molar-refractivity contribution >= 4 is 15.9 Å². The van der Waals surface area contributed by atoms with Crippen molar-refractivity contribution in [3.05, 3.63) is 28.2 Å². The summed E-state index contributed by atoms with van der Waals surface area (Å²) in [5.41, 5.74) is 1.24. The Labute approximate surface area is 119 Å². The zero-order valence-electron chi connectivity index (χ0n) is 11.6. The molecule has 0 aliphatic carbocycles. The largest absolute Gasteiger partial charge is 0.492 e. The standard InChI is InChI=1S/C15H24BrNO/c1-4-13(3)17-9-5-6-10-18-15-8-7-12(2)11-14(15)16/h7-8,11,13,17H,4-6,9-10H2,1-3H3/t13-/m0/s1. The highest BCUT2D eigenvalue weighted by Gasteiger charge is 2.01. The van der Waals surface area contributed by atoms with Crippen LogP contribution >= 0.6 is 15.9 Å². The highest BCUT2D eigenvalue weighted by molar-refractivity contribution is 9.10. The van der Waals surface area contributed by atoms with Gasteiger partial charge in [-0.1, -0.05) is 13.0 Å². The Balaban J connectivity index is 2.14. The van der Waals surface area contributed by atoms with E-state index in [1.807, 2.05) is 6.07 Å². The van der Waals surface area contributed by atoms with Crippen LogP contribution in [0.5, 0.6) is 5.75 Å². The maximum Gasteiger partial charge on any atom is 0.133 e. The Morgan fingerprint density at radius 3 is 2.78 bits per heavy atom. The van der Waals surface area contributed by atoms with Gasteiger partial charge in [-0.15, -0.1) is 0 Å². The molecule has 0 bridgehead atoms. The van der Waals surface area contributed by atoms with Crippen LogP contribution in [0.2, 0.25) is 0 Å². The third-order valence-electron chi connectivity index (χ3n) is 3.02. The lowest BCUT2D eigenvalue weighted by molar-refractivity contribution is 0.302. The molecule has 3 heteroatoms. The van der Waals surface area contributed by atoms with E-state index in [1.165, 1.54) is 12.0 Å². The van der Waals surface area contributed by atoms with Gasteiger partial charge in [0.15, 0.2) is 0 Å². The average molecular weight is 314 g/mol. The minimum absolute atomic E-state index is 0.622. The molecular formula is C15H24BrNO. The molecule has 0 fully saturated rings. The van der Waals surface area contributed by atoms with Crippen LogP contribution in [-0.2, 0) is 0 Å². The van der Waals surface area contributed by atoms with Crippen molar-refractivity contribution in [1.29, 1.82) is 0 Å². The molecule has 0 aliphatic rings. The molecule has 0 radical (unpaired) electrons. The van der Waals surface area contributed by atoms with Gasteiger partial charge in [-0.05, 0) is 73.3 Å². The molecular weight excluding hydrogens is 290 g/mol. The predicted octanol–water partition coefficient (Wildman–Crippen LogP) is 4.30. The zero-order chi connectivity index (χ0) is 13.4. The molecule has 1 N–H and O–H groups in total. The molecule has 0 saturated heterocycles. The van der Waals surface area contributed by atoms with E-state index in [4.69, 9.17) is 4.74 Å². The Hall–Kier alpha value is -0.540. The van der Waals surface area contributed by atoms with E-state index >= 15 is 0 Å². The Morgan fingerprint density at radius 2 is 2.11 bits per heavy atom. The summed E-state index contributed by atoms with van der Waals surface area (Å²) < 4.78 is 6.79. The van der Waals surface area contributed by atoms with E-state index in [0.29, 0.717) is 6.04 Å². The zero-order valence-corrected chi connectivity index (χ0v) is 13.2.